The van der Waals surface area contributed by atoms with Gasteiger partial charge in [-0.2, -0.15) is 0 Å². The minimum absolute atomic E-state index is 0.0290. The molecule has 0 radical (unpaired) electrons. The van der Waals surface area contributed by atoms with Crippen molar-refractivity contribution in [1.29, 1.82) is 0 Å². The SMILES string of the molecule is COc1ccsc1C(=O)N1CCCC(C(C)(C)C(=O)O)C1. The lowest BCUT2D eigenvalue weighted by Gasteiger charge is -2.39. The van der Waals surface area contributed by atoms with Crippen molar-refractivity contribution in [3.63, 3.8) is 0 Å². The van der Waals surface area contributed by atoms with Crippen LogP contribution in [0.25, 0.3) is 0 Å². The van der Waals surface area contributed by atoms with E-state index >= 15 is 0 Å². The van der Waals surface area contributed by atoms with E-state index in [1.54, 1.807) is 31.9 Å². The third kappa shape index (κ3) is 3.05. The highest BCUT2D eigenvalue weighted by Gasteiger charge is 2.40. The van der Waals surface area contributed by atoms with Gasteiger partial charge in [-0.1, -0.05) is 0 Å². The van der Waals surface area contributed by atoms with Crippen LogP contribution in [0.15, 0.2) is 11.4 Å². The first-order valence-electron chi connectivity index (χ1n) is 7.02. The molecule has 1 saturated heterocycles. The summed E-state index contributed by atoms with van der Waals surface area (Å²) in [6.07, 6.45) is 1.67. The summed E-state index contributed by atoms with van der Waals surface area (Å²) in [6, 6.07) is 1.78. The number of carbonyl (C=O) groups is 2. The third-order valence-electron chi connectivity index (χ3n) is 4.32. The maximum atomic E-state index is 12.6. The lowest BCUT2D eigenvalue weighted by molar-refractivity contribution is -0.151. The topological polar surface area (TPSA) is 66.8 Å². The Morgan fingerprint density at radius 1 is 1.48 bits per heavy atom. The Bertz CT molecular complexity index is 538. The van der Waals surface area contributed by atoms with Crippen molar-refractivity contribution in [3.05, 3.63) is 16.3 Å². The van der Waals surface area contributed by atoms with Gasteiger partial charge in [-0.3, -0.25) is 9.59 Å². The van der Waals surface area contributed by atoms with Gasteiger partial charge in [0.05, 0.1) is 12.5 Å². The molecule has 1 aliphatic rings. The zero-order chi connectivity index (χ0) is 15.6. The summed E-state index contributed by atoms with van der Waals surface area (Å²) in [5.74, 6) is -0.313. The van der Waals surface area contributed by atoms with E-state index in [4.69, 9.17) is 4.74 Å². The fourth-order valence-corrected chi connectivity index (χ4v) is 3.51. The zero-order valence-electron chi connectivity index (χ0n) is 12.6. The normalized spacial score (nSPS) is 19.4. The van der Waals surface area contributed by atoms with E-state index in [9.17, 15) is 14.7 Å². The van der Waals surface area contributed by atoms with Crippen LogP contribution >= 0.6 is 11.3 Å². The first-order valence-corrected chi connectivity index (χ1v) is 7.90. The van der Waals surface area contributed by atoms with E-state index in [0.29, 0.717) is 23.7 Å². The second-order valence-corrected chi connectivity index (χ2v) is 6.85. The number of aliphatic carboxylic acids is 1. The number of carboxylic acids is 1. The highest BCUT2D eigenvalue weighted by atomic mass is 32.1. The fraction of sp³-hybridized carbons (Fsp3) is 0.600. The molecule has 5 nitrogen and oxygen atoms in total. The molecule has 6 heteroatoms. The van der Waals surface area contributed by atoms with Crippen LogP contribution in [-0.2, 0) is 4.79 Å². The van der Waals surface area contributed by atoms with Crippen molar-refractivity contribution >= 4 is 23.2 Å². The minimum Gasteiger partial charge on any atom is -0.495 e. The molecule has 1 fully saturated rings. The number of hydrogen-bond acceptors (Lipinski definition) is 4. The largest absolute Gasteiger partial charge is 0.495 e. The molecule has 0 bridgehead atoms. The summed E-state index contributed by atoms with van der Waals surface area (Å²) in [4.78, 5) is 26.3. The highest BCUT2D eigenvalue weighted by Crippen LogP contribution is 2.35. The monoisotopic (exact) mass is 311 g/mol. The van der Waals surface area contributed by atoms with Gasteiger partial charge in [-0.15, -0.1) is 11.3 Å². The summed E-state index contributed by atoms with van der Waals surface area (Å²) >= 11 is 1.36. The Kier molecular flexibility index (Phi) is 4.56. The summed E-state index contributed by atoms with van der Waals surface area (Å²) in [5, 5.41) is 11.2. The molecule has 1 N–H and O–H groups in total. The number of carbonyl (C=O) groups excluding carboxylic acids is 1. The van der Waals surface area contributed by atoms with E-state index in [0.717, 1.165) is 12.8 Å². The van der Waals surface area contributed by atoms with Crippen molar-refractivity contribution in [3.8, 4) is 5.75 Å². The smallest absolute Gasteiger partial charge is 0.309 e. The van der Waals surface area contributed by atoms with Crippen molar-refractivity contribution in [2.24, 2.45) is 11.3 Å². The molecule has 2 heterocycles. The molecule has 1 aromatic rings. The number of carboxylic acid groups (broad SMARTS) is 1. The summed E-state index contributed by atoms with van der Waals surface area (Å²) in [7, 11) is 1.55. The zero-order valence-corrected chi connectivity index (χ0v) is 13.4. The number of nitrogens with zero attached hydrogens (tertiary/aromatic N) is 1. The molecule has 1 aromatic heterocycles. The van der Waals surface area contributed by atoms with Crippen LogP contribution < -0.4 is 4.74 Å². The Hall–Kier alpha value is -1.56. The molecule has 2 rings (SSSR count). The van der Waals surface area contributed by atoms with Crippen LogP contribution in [0.3, 0.4) is 0 Å². The van der Waals surface area contributed by atoms with Crippen molar-refractivity contribution in [2.75, 3.05) is 20.2 Å². The number of ether oxygens (including phenoxy) is 1. The van der Waals surface area contributed by atoms with E-state index < -0.39 is 11.4 Å². The molecule has 0 spiro atoms. The van der Waals surface area contributed by atoms with Crippen LogP contribution in [0.2, 0.25) is 0 Å². The van der Waals surface area contributed by atoms with E-state index in [2.05, 4.69) is 0 Å². The van der Waals surface area contributed by atoms with Gasteiger partial charge in [0, 0.05) is 13.1 Å². The molecule has 1 unspecified atom stereocenters. The van der Waals surface area contributed by atoms with Crippen LogP contribution in [-0.4, -0.2) is 42.1 Å². The number of thiophene rings is 1. The molecule has 0 aromatic carbocycles. The fourth-order valence-electron chi connectivity index (χ4n) is 2.68. The molecular weight excluding hydrogens is 290 g/mol. The molecule has 116 valence electrons. The van der Waals surface area contributed by atoms with Crippen LogP contribution in [0.4, 0.5) is 0 Å². The maximum Gasteiger partial charge on any atom is 0.309 e. The number of likely N-dealkylation sites (tertiary alicyclic amines) is 1. The summed E-state index contributed by atoms with van der Waals surface area (Å²) in [6.45, 7) is 4.63. The average molecular weight is 311 g/mol. The van der Waals surface area contributed by atoms with Gasteiger partial charge >= 0.3 is 5.97 Å². The number of piperidine rings is 1. The number of hydrogen-bond donors (Lipinski definition) is 1. The molecule has 21 heavy (non-hydrogen) atoms. The van der Waals surface area contributed by atoms with Gasteiger partial charge < -0.3 is 14.7 Å². The predicted molar refractivity (Wildman–Crippen MR) is 80.9 cm³/mol. The first-order chi connectivity index (χ1) is 9.87. The number of rotatable bonds is 4. The van der Waals surface area contributed by atoms with Crippen molar-refractivity contribution in [1.82, 2.24) is 4.90 Å². The van der Waals surface area contributed by atoms with Crippen LogP contribution in [0, 0.1) is 11.3 Å². The quantitative estimate of drug-likeness (QED) is 0.928. The summed E-state index contributed by atoms with van der Waals surface area (Å²) in [5.41, 5.74) is -0.821. The van der Waals surface area contributed by atoms with Crippen LogP contribution in [0.5, 0.6) is 5.75 Å². The van der Waals surface area contributed by atoms with E-state index in [1.807, 2.05) is 5.38 Å². The maximum absolute atomic E-state index is 12.6. The van der Waals surface area contributed by atoms with Gasteiger partial charge in [0.25, 0.3) is 5.91 Å². The molecule has 1 amide bonds. The van der Waals surface area contributed by atoms with Crippen molar-refractivity contribution in [2.45, 2.75) is 26.7 Å². The molecule has 1 atom stereocenters. The molecular formula is C15H21NO4S. The van der Waals surface area contributed by atoms with Crippen LogP contribution in [0.1, 0.15) is 36.4 Å². The second-order valence-electron chi connectivity index (χ2n) is 5.94. The second kappa shape index (κ2) is 6.05. The first kappa shape index (κ1) is 15.8. The minimum atomic E-state index is -0.821. The lowest BCUT2D eigenvalue weighted by atomic mass is 9.74. The highest BCUT2D eigenvalue weighted by molar-refractivity contribution is 7.12. The van der Waals surface area contributed by atoms with Gasteiger partial charge in [0.15, 0.2) is 0 Å². The van der Waals surface area contributed by atoms with Gasteiger partial charge in [0.2, 0.25) is 0 Å². The number of amides is 1. The van der Waals surface area contributed by atoms with Gasteiger partial charge in [0.1, 0.15) is 10.6 Å². The Morgan fingerprint density at radius 2 is 2.19 bits per heavy atom. The van der Waals surface area contributed by atoms with E-state index in [1.165, 1.54) is 11.3 Å². The van der Waals surface area contributed by atoms with E-state index in [-0.39, 0.29) is 11.8 Å². The Morgan fingerprint density at radius 3 is 2.81 bits per heavy atom. The number of methoxy groups -OCH3 is 1. The molecule has 0 saturated carbocycles. The average Bonchev–Trinajstić information content (AvgIpc) is 2.94. The van der Waals surface area contributed by atoms with Crippen molar-refractivity contribution < 1.29 is 19.4 Å². The predicted octanol–water partition coefficient (Wildman–Crippen LogP) is 2.72. The third-order valence-corrected chi connectivity index (χ3v) is 5.21. The molecule has 1 aliphatic heterocycles. The lowest BCUT2D eigenvalue weighted by Crippen LogP contribution is -2.46. The Balaban J connectivity index is 2.15. The summed E-state index contributed by atoms with van der Waals surface area (Å²) < 4.78 is 5.20. The molecule has 0 aliphatic carbocycles. The van der Waals surface area contributed by atoms with Gasteiger partial charge in [-0.25, -0.2) is 0 Å². The van der Waals surface area contributed by atoms with Gasteiger partial charge in [-0.05, 0) is 44.1 Å². The Labute approximate surface area is 128 Å². The standard InChI is InChI=1S/C15H21NO4S/c1-15(2,14(18)19)10-5-4-7-16(9-10)13(17)12-11(20-3)6-8-21-12/h6,8,10H,4-5,7,9H2,1-3H3,(H,18,19).